The molecular formula is C23H12Cl7FN2O2. The van der Waals surface area contributed by atoms with Gasteiger partial charge in [-0.15, -0.1) is 23.2 Å². The van der Waals surface area contributed by atoms with Crippen molar-refractivity contribution in [1.29, 1.82) is 0 Å². The van der Waals surface area contributed by atoms with Crippen LogP contribution < -0.4 is 10.6 Å². The number of amides is 2. The van der Waals surface area contributed by atoms with Crippen LogP contribution in [0.2, 0.25) is 25.1 Å². The second-order valence-electron chi connectivity index (χ2n) is 7.69. The Bertz CT molecular complexity index is 1350. The molecule has 35 heavy (non-hydrogen) atoms. The summed E-state index contributed by atoms with van der Waals surface area (Å²) in [4.78, 5) is 25.7. The maximum absolute atomic E-state index is 14.3. The summed E-state index contributed by atoms with van der Waals surface area (Å²) in [6, 6.07) is 11.7. The number of halogens is 8. The van der Waals surface area contributed by atoms with Crippen LogP contribution in [0.5, 0.6) is 0 Å². The number of benzene rings is 3. The number of hydrogen-bond acceptors (Lipinski definition) is 2. The van der Waals surface area contributed by atoms with E-state index in [1.165, 1.54) is 30.3 Å². The first kappa shape index (κ1) is 26.6. The molecule has 0 spiro atoms. The van der Waals surface area contributed by atoms with Crippen molar-refractivity contribution in [2.24, 2.45) is 5.92 Å². The Balaban J connectivity index is 1.52. The molecule has 0 saturated heterocycles. The van der Waals surface area contributed by atoms with Crippen LogP contribution in [0, 0.1) is 11.7 Å². The van der Waals surface area contributed by atoms with E-state index in [-0.39, 0.29) is 32.0 Å². The number of carbonyl (C=O) groups excluding carboxylic acids is 2. The summed E-state index contributed by atoms with van der Waals surface area (Å²) >= 11 is 42.6. The average Bonchev–Trinajstić information content (AvgIpc) is 3.36. The van der Waals surface area contributed by atoms with Gasteiger partial charge in [0.1, 0.15) is 4.33 Å². The first-order valence-corrected chi connectivity index (χ1v) is 12.4. The zero-order chi connectivity index (χ0) is 25.7. The summed E-state index contributed by atoms with van der Waals surface area (Å²) in [5.74, 6) is -3.46. The number of nitrogens with one attached hydrogen (secondary N) is 2. The molecule has 2 atom stereocenters. The molecule has 1 aliphatic rings. The number of alkyl halides is 2. The summed E-state index contributed by atoms with van der Waals surface area (Å²) in [5, 5.41) is 5.57. The fourth-order valence-electron chi connectivity index (χ4n) is 3.63. The molecule has 4 rings (SSSR count). The van der Waals surface area contributed by atoms with E-state index in [1.54, 1.807) is 18.2 Å². The topological polar surface area (TPSA) is 58.2 Å². The van der Waals surface area contributed by atoms with Crippen LogP contribution in [0.4, 0.5) is 15.8 Å². The monoisotopic (exact) mass is 612 g/mol. The van der Waals surface area contributed by atoms with E-state index in [0.717, 1.165) is 0 Å². The van der Waals surface area contributed by atoms with E-state index in [1.807, 2.05) is 0 Å². The highest BCUT2D eigenvalue weighted by atomic mass is 35.5. The van der Waals surface area contributed by atoms with Gasteiger partial charge in [0, 0.05) is 21.7 Å². The number of anilines is 2. The predicted octanol–water partition coefficient (Wildman–Crippen LogP) is 8.87. The molecule has 0 aliphatic heterocycles. The van der Waals surface area contributed by atoms with Crippen LogP contribution in [0.3, 0.4) is 0 Å². The lowest BCUT2D eigenvalue weighted by atomic mass is 10.1. The van der Waals surface area contributed by atoms with Gasteiger partial charge in [-0.3, -0.25) is 9.59 Å². The highest BCUT2D eigenvalue weighted by Gasteiger charge is 2.67. The lowest BCUT2D eigenvalue weighted by molar-refractivity contribution is -0.117. The van der Waals surface area contributed by atoms with Crippen molar-refractivity contribution in [1.82, 2.24) is 0 Å². The van der Waals surface area contributed by atoms with Crippen LogP contribution >= 0.6 is 81.2 Å². The van der Waals surface area contributed by atoms with Crippen molar-refractivity contribution in [2.75, 3.05) is 10.6 Å². The SMILES string of the molecule is O=C(Nc1ccc(Cl)c(Cl)c1F)c1cc(NC(=O)[C@@H]2[C@@H](c3cc(Cl)cc(Cl)c3)C2(Cl)Cl)ccc1Cl. The minimum absolute atomic E-state index is 0.00186. The fourth-order valence-corrected chi connectivity index (χ4v) is 5.52. The molecule has 0 bridgehead atoms. The van der Waals surface area contributed by atoms with Crippen LogP contribution in [0.1, 0.15) is 21.8 Å². The van der Waals surface area contributed by atoms with Gasteiger partial charge < -0.3 is 10.6 Å². The van der Waals surface area contributed by atoms with E-state index in [9.17, 15) is 14.0 Å². The van der Waals surface area contributed by atoms with E-state index in [0.29, 0.717) is 15.6 Å². The highest BCUT2D eigenvalue weighted by Crippen LogP contribution is 2.65. The van der Waals surface area contributed by atoms with Crippen LogP contribution in [-0.2, 0) is 4.79 Å². The summed E-state index contributed by atoms with van der Waals surface area (Å²) in [6.07, 6.45) is 0. The largest absolute Gasteiger partial charge is 0.326 e. The molecule has 1 saturated carbocycles. The number of carbonyl (C=O) groups is 2. The maximum Gasteiger partial charge on any atom is 0.257 e. The van der Waals surface area contributed by atoms with Crippen LogP contribution in [0.15, 0.2) is 48.5 Å². The van der Waals surface area contributed by atoms with Gasteiger partial charge in [0.25, 0.3) is 5.91 Å². The van der Waals surface area contributed by atoms with E-state index in [2.05, 4.69) is 10.6 Å². The minimum Gasteiger partial charge on any atom is -0.326 e. The lowest BCUT2D eigenvalue weighted by Crippen LogP contribution is -2.18. The van der Waals surface area contributed by atoms with Gasteiger partial charge in [-0.25, -0.2) is 4.39 Å². The highest BCUT2D eigenvalue weighted by molar-refractivity contribution is 6.53. The van der Waals surface area contributed by atoms with Gasteiger partial charge in [0.15, 0.2) is 5.82 Å². The Kier molecular flexibility index (Phi) is 7.71. The summed E-state index contributed by atoms with van der Waals surface area (Å²) in [5.41, 5.74) is 0.655. The second-order valence-corrected chi connectivity index (χ2v) is 11.2. The maximum atomic E-state index is 14.3. The van der Waals surface area contributed by atoms with Gasteiger partial charge in [-0.2, -0.15) is 0 Å². The fraction of sp³-hybridized carbons (Fsp3) is 0.130. The quantitative estimate of drug-likeness (QED) is 0.223. The summed E-state index contributed by atoms with van der Waals surface area (Å²) in [6.45, 7) is 0. The molecule has 182 valence electrons. The lowest BCUT2D eigenvalue weighted by Gasteiger charge is -2.11. The normalized spacial score (nSPS) is 18.2. The van der Waals surface area contributed by atoms with Crippen LogP contribution in [-0.4, -0.2) is 16.1 Å². The standard InChI is InChI=1S/C23H12Cl7FN2O2/c24-10-5-9(6-11(25)7-10)17-18(23(17,29)30)22(35)32-12-1-2-14(26)13(8-12)21(34)33-16-4-3-15(27)19(28)20(16)31/h1-8,17-18H,(H,32,35)(H,33,34)/t17-,18+/m1/s1. The zero-order valence-corrected chi connectivity index (χ0v) is 22.4. The molecule has 1 fully saturated rings. The Labute approximate surface area is 234 Å². The molecule has 2 N–H and O–H groups in total. The third-order valence-electron chi connectivity index (χ3n) is 5.34. The molecule has 3 aromatic carbocycles. The third-order valence-corrected chi connectivity index (χ3v) is 7.83. The van der Waals surface area contributed by atoms with Gasteiger partial charge in [0.2, 0.25) is 5.91 Å². The molecule has 0 unspecified atom stereocenters. The second kappa shape index (κ2) is 10.1. The van der Waals surface area contributed by atoms with E-state index < -0.39 is 33.8 Å². The molecule has 12 heteroatoms. The van der Waals surface area contributed by atoms with Crippen molar-refractivity contribution < 1.29 is 14.0 Å². The van der Waals surface area contributed by atoms with Crippen molar-refractivity contribution in [3.63, 3.8) is 0 Å². The number of hydrogen-bond donors (Lipinski definition) is 2. The first-order valence-electron chi connectivity index (χ1n) is 9.79. The van der Waals surface area contributed by atoms with Crippen LogP contribution in [0.25, 0.3) is 0 Å². The average molecular weight is 616 g/mol. The molecular weight excluding hydrogens is 603 g/mol. The third kappa shape index (κ3) is 5.47. The Hall–Kier alpha value is -1.44. The van der Waals surface area contributed by atoms with Gasteiger partial charge in [-0.1, -0.05) is 58.0 Å². The van der Waals surface area contributed by atoms with Crippen molar-refractivity contribution in [3.8, 4) is 0 Å². The smallest absolute Gasteiger partial charge is 0.257 e. The molecule has 3 aromatic rings. The van der Waals surface area contributed by atoms with Crippen molar-refractivity contribution in [3.05, 3.63) is 90.6 Å². The van der Waals surface area contributed by atoms with Crippen molar-refractivity contribution >= 4 is 104 Å². The summed E-state index contributed by atoms with van der Waals surface area (Å²) in [7, 11) is 0. The Morgan fingerprint density at radius 3 is 2.11 bits per heavy atom. The molecule has 0 radical (unpaired) electrons. The van der Waals surface area contributed by atoms with Gasteiger partial charge in [0.05, 0.1) is 32.2 Å². The first-order chi connectivity index (χ1) is 16.4. The molecule has 0 aromatic heterocycles. The van der Waals surface area contributed by atoms with E-state index >= 15 is 0 Å². The molecule has 1 aliphatic carbocycles. The van der Waals surface area contributed by atoms with Gasteiger partial charge >= 0.3 is 0 Å². The van der Waals surface area contributed by atoms with Crippen molar-refractivity contribution in [2.45, 2.75) is 10.3 Å². The van der Waals surface area contributed by atoms with Gasteiger partial charge in [-0.05, 0) is 54.1 Å². The zero-order valence-electron chi connectivity index (χ0n) is 17.1. The minimum atomic E-state index is -1.38. The predicted molar refractivity (Wildman–Crippen MR) is 142 cm³/mol. The summed E-state index contributed by atoms with van der Waals surface area (Å²) < 4.78 is 12.9. The Morgan fingerprint density at radius 2 is 1.46 bits per heavy atom. The Morgan fingerprint density at radius 1 is 0.829 bits per heavy atom. The molecule has 0 heterocycles. The molecule has 4 nitrogen and oxygen atoms in total. The van der Waals surface area contributed by atoms with E-state index in [4.69, 9.17) is 81.2 Å². The number of rotatable bonds is 5. The molecule has 2 amide bonds.